The first-order valence-corrected chi connectivity index (χ1v) is 8.14. The molecule has 0 radical (unpaired) electrons. The summed E-state index contributed by atoms with van der Waals surface area (Å²) >= 11 is 0. The second kappa shape index (κ2) is 6.52. The second-order valence-corrected chi connectivity index (χ2v) is 5.95. The number of carbonyl (C=O) groups excluding carboxylic acids is 2. The monoisotopic (exact) mass is 367 g/mol. The number of anilines is 2. The van der Waals surface area contributed by atoms with Crippen molar-refractivity contribution in [2.75, 3.05) is 10.2 Å². The molecule has 8 nitrogen and oxygen atoms in total. The number of carbonyl (C=O) groups is 2. The number of nitrogens with zero attached hydrogens (tertiary/aromatic N) is 4. The molecule has 27 heavy (non-hydrogen) atoms. The predicted octanol–water partition coefficient (Wildman–Crippen LogP) is 1.81. The van der Waals surface area contributed by atoms with Crippen molar-refractivity contribution in [3.63, 3.8) is 0 Å². The highest BCUT2D eigenvalue weighted by molar-refractivity contribution is 5.96. The summed E-state index contributed by atoms with van der Waals surface area (Å²) in [7, 11) is 0. The maximum atomic E-state index is 13.1. The lowest BCUT2D eigenvalue weighted by molar-refractivity contribution is -0.117. The van der Waals surface area contributed by atoms with Crippen LogP contribution in [0, 0.1) is 5.82 Å². The van der Waals surface area contributed by atoms with E-state index in [0.717, 1.165) is 9.25 Å². The molecule has 0 fully saturated rings. The van der Waals surface area contributed by atoms with Crippen LogP contribution < -0.4 is 15.9 Å². The van der Waals surface area contributed by atoms with Crippen molar-refractivity contribution in [2.24, 2.45) is 0 Å². The van der Waals surface area contributed by atoms with Crippen LogP contribution in [0.3, 0.4) is 0 Å². The van der Waals surface area contributed by atoms with Crippen LogP contribution in [0.5, 0.6) is 0 Å². The van der Waals surface area contributed by atoms with Gasteiger partial charge in [-0.25, -0.2) is 18.7 Å². The summed E-state index contributed by atoms with van der Waals surface area (Å²) in [6.07, 6.45) is 0. The number of aromatic nitrogens is 3. The lowest BCUT2D eigenvalue weighted by Gasteiger charge is -2.14. The fourth-order valence-corrected chi connectivity index (χ4v) is 2.86. The van der Waals surface area contributed by atoms with Gasteiger partial charge in [0, 0.05) is 11.4 Å². The van der Waals surface area contributed by atoms with Gasteiger partial charge in [-0.15, -0.1) is 0 Å². The van der Waals surface area contributed by atoms with Gasteiger partial charge in [0.05, 0.1) is 6.54 Å². The Kier molecular flexibility index (Phi) is 4.03. The van der Waals surface area contributed by atoms with Gasteiger partial charge in [0.25, 0.3) is 0 Å². The molecule has 0 saturated carbocycles. The standard InChI is InChI=1S/C18H14FN5O3/c19-12-6-8-14(9-7-12)22-10-15-21-23(18(27)24(15)17(22)26)11-16(25)20-13-4-2-1-3-5-13/h1-9H,10-11H2,(H,20,25). The molecule has 4 rings (SSSR count). The summed E-state index contributed by atoms with van der Waals surface area (Å²) in [4.78, 5) is 38.4. The fourth-order valence-electron chi connectivity index (χ4n) is 2.86. The van der Waals surface area contributed by atoms with Gasteiger partial charge in [-0.3, -0.25) is 9.69 Å². The van der Waals surface area contributed by atoms with Crippen molar-refractivity contribution in [3.8, 4) is 0 Å². The highest BCUT2D eigenvalue weighted by Gasteiger charge is 2.33. The highest BCUT2D eigenvalue weighted by Crippen LogP contribution is 2.22. The van der Waals surface area contributed by atoms with E-state index in [9.17, 15) is 18.8 Å². The Bertz CT molecular complexity index is 1070. The molecular weight excluding hydrogens is 353 g/mol. The minimum absolute atomic E-state index is 0.0625. The van der Waals surface area contributed by atoms with Gasteiger partial charge < -0.3 is 5.32 Å². The van der Waals surface area contributed by atoms with E-state index in [4.69, 9.17) is 0 Å². The van der Waals surface area contributed by atoms with Crippen LogP contribution in [0.1, 0.15) is 5.82 Å². The van der Waals surface area contributed by atoms with Crippen LogP contribution in [0.4, 0.5) is 20.6 Å². The Morgan fingerprint density at radius 1 is 1.07 bits per heavy atom. The van der Waals surface area contributed by atoms with Gasteiger partial charge >= 0.3 is 11.7 Å². The number of hydrogen-bond donors (Lipinski definition) is 1. The average Bonchev–Trinajstić information content (AvgIpc) is 3.13. The van der Waals surface area contributed by atoms with E-state index in [1.165, 1.54) is 29.2 Å². The number of amides is 2. The molecule has 1 aromatic heterocycles. The first-order valence-electron chi connectivity index (χ1n) is 8.14. The van der Waals surface area contributed by atoms with E-state index in [1.807, 2.05) is 6.07 Å². The molecule has 2 amide bonds. The minimum Gasteiger partial charge on any atom is -0.324 e. The van der Waals surface area contributed by atoms with Crippen molar-refractivity contribution in [1.82, 2.24) is 14.3 Å². The van der Waals surface area contributed by atoms with E-state index in [2.05, 4.69) is 10.4 Å². The SMILES string of the molecule is O=C(Cn1nc2n(c1=O)C(=O)N(c1ccc(F)cc1)C2)Nc1ccccc1. The van der Waals surface area contributed by atoms with Gasteiger partial charge in [0.1, 0.15) is 12.4 Å². The van der Waals surface area contributed by atoms with Crippen molar-refractivity contribution < 1.29 is 14.0 Å². The second-order valence-electron chi connectivity index (χ2n) is 5.95. The summed E-state index contributed by atoms with van der Waals surface area (Å²) in [5.41, 5.74) is 0.364. The largest absolute Gasteiger partial charge is 0.354 e. The van der Waals surface area contributed by atoms with E-state index < -0.39 is 23.4 Å². The van der Waals surface area contributed by atoms with Crippen LogP contribution in [0.15, 0.2) is 59.4 Å². The predicted molar refractivity (Wildman–Crippen MR) is 94.9 cm³/mol. The van der Waals surface area contributed by atoms with Gasteiger partial charge in [-0.05, 0) is 36.4 Å². The maximum absolute atomic E-state index is 13.1. The van der Waals surface area contributed by atoms with Crippen molar-refractivity contribution in [3.05, 3.63) is 76.7 Å². The molecule has 1 aliphatic heterocycles. The fraction of sp³-hybridized carbons (Fsp3) is 0.111. The molecule has 0 saturated heterocycles. The summed E-state index contributed by atoms with van der Waals surface area (Å²) in [5, 5.41) is 6.74. The maximum Gasteiger partial charge on any atom is 0.354 e. The minimum atomic E-state index is -0.692. The summed E-state index contributed by atoms with van der Waals surface area (Å²) in [5.74, 6) is -0.625. The topological polar surface area (TPSA) is 89.2 Å². The molecule has 0 spiro atoms. The van der Waals surface area contributed by atoms with Crippen molar-refractivity contribution in [2.45, 2.75) is 13.1 Å². The Morgan fingerprint density at radius 2 is 1.78 bits per heavy atom. The number of hydrogen-bond acceptors (Lipinski definition) is 4. The van der Waals surface area contributed by atoms with Gasteiger partial charge in [-0.1, -0.05) is 18.2 Å². The molecule has 0 atom stereocenters. The van der Waals surface area contributed by atoms with Crippen molar-refractivity contribution >= 4 is 23.3 Å². The Labute approximate surface area is 152 Å². The first kappa shape index (κ1) is 16.7. The Balaban J connectivity index is 1.52. The molecule has 2 heterocycles. The molecule has 0 bridgehead atoms. The van der Waals surface area contributed by atoms with Crippen LogP contribution in [0.2, 0.25) is 0 Å². The van der Waals surface area contributed by atoms with Crippen LogP contribution in [0.25, 0.3) is 0 Å². The number of para-hydroxylation sites is 1. The zero-order chi connectivity index (χ0) is 19.0. The molecule has 1 aliphatic rings. The Hall–Kier alpha value is -3.75. The van der Waals surface area contributed by atoms with E-state index in [-0.39, 0.29) is 18.9 Å². The van der Waals surface area contributed by atoms with E-state index in [1.54, 1.807) is 24.3 Å². The molecule has 0 unspecified atom stereocenters. The number of fused-ring (bicyclic) bond motifs is 1. The average molecular weight is 367 g/mol. The summed E-state index contributed by atoms with van der Waals surface area (Å²) in [6.45, 7) is -0.245. The zero-order valence-corrected chi connectivity index (χ0v) is 14.0. The van der Waals surface area contributed by atoms with Gasteiger partial charge in [0.2, 0.25) is 5.91 Å². The molecule has 9 heteroatoms. The molecule has 3 aromatic rings. The normalized spacial score (nSPS) is 12.9. The smallest absolute Gasteiger partial charge is 0.324 e. The third kappa shape index (κ3) is 3.10. The molecule has 1 N–H and O–H groups in total. The van der Waals surface area contributed by atoms with E-state index in [0.29, 0.717) is 11.4 Å². The lowest BCUT2D eigenvalue weighted by Crippen LogP contribution is -2.36. The number of benzene rings is 2. The van der Waals surface area contributed by atoms with Crippen LogP contribution >= 0.6 is 0 Å². The zero-order valence-electron chi connectivity index (χ0n) is 14.0. The van der Waals surface area contributed by atoms with Gasteiger partial charge in [-0.2, -0.15) is 9.67 Å². The van der Waals surface area contributed by atoms with Crippen LogP contribution in [-0.2, 0) is 17.9 Å². The lowest BCUT2D eigenvalue weighted by atomic mass is 10.3. The summed E-state index contributed by atoms with van der Waals surface area (Å²) in [6, 6.07) is 13.6. The van der Waals surface area contributed by atoms with Crippen LogP contribution in [-0.4, -0.2) is 26.3 Å². The quantitative estimate of drug-likeness (QED) is 0.762. The summed E-state index contributed by atoms with van der Waals surface area (Å²) < 4.78 is 14.9. The highest BCUT2D eigenvalue weighted by atomic mass is 19.1. The molecule has 2 aromatic carbocycles. The van der Waals surface area contributed by atoms with Crippen molar-refractivity contribution in [1.29, 1.82) is 0 Å². The third-order valence-electron chi connectivity index (χ3n) is 4.12. The van der Waals surface area contributed by atoms with E-state index >= 15 is 0 Å². The Morgan fingerprint density at radius 3 is 2.44 bits per heavy atom. The number of rotatable bonds is 4. The molecular formula is C18H14FN5O3. The first-order chi connectivity index (χ1) is 13.0. The molecule has 136 valence electrons. The van der Waals surface area contributed by atoms with Gasteiger partial charge in [0.15, 0.2) is 5.82 Å². The number of halogens is 1. The third-order valence-corrected chi connectivity index (χ3v) is 4.12. The molecule has 0 aliphatic carbocycles. The number of nitrogens with one attached hydrogen (secondary N) is 1.